The van der Waals surface area contributed by atoms with Crippen LogP contribution < -0.4 is 5.32 Å². The molecular weight excluding hydrogens is 366 g/mol. The molecule has 0 radical (unpaired) electrons. The molecule has 29 heavy (non-hydrogen) atoms. The molecule has 5 nitrogen and oxygen atoms in total. The Hall–Kier alpha value is -3.60. The van der Waals surface area contributed by atoms with Gasteiger partial charge < -0.3 is 15.2 Å². The summed E-state index contributed by atoms with van der Waals surface area (Å²) < 4.78 is 5.55. The SMILES string of the molecule is C[C@@H](NC(=O)OCC1c2ccccc2-c2ccccc21)c1ccc(C(=O)O)cc1. The summed E-state index contributed by atoms with van der Waals surface area (Å²) in [5.41, 5.74) is 5.72. The second-order valence-corrected chi connectivity index (χ2v) is 7.12. The largest absolute Gasteiger partial charge is 0.478 e. The standard InChI is InChI=1S/C24H21NO4/c1-15(16-10-12-17(13-11-16)23(26)27)25-24(28)29-14-22-20-8-4-2-6-18(20)19-7-3-5-9-21(19)22/h2-13,15,22H,14H2,1H3,(H,25,28)(H,26,27)/t15-/m1/s1. The molecular formula is C24H21NO4. The first kappa shape index (κ1) is 18.7. The molecule has 0 aromatic heterocycles. The van der Waals surface area contributed by atoms with Gasteiger partial charge in [0.15, 0.2) is 0 Å². The van der Waals surface area contributed by atoms with Crippen LogP contribution in [0.2, 0.25) is 0 Å². The minimum absolute atomic E-state index is 0.0123. The Bertz CT molecular complexity index is 1010. The zero-order valence-corrected chi connectivity index (χ0v) is 16.0. The highest BCUT2D eigenvalue weighted by molar-refractivity contribution is 5.87. The second kappa shape index (κ2) is 7.80. The highest BCUT2D eigenvalue weighted by atomic mass is 16.5. The number of carbonyl (C=O) groups excluding carboxylic acids is 1. The first-order chi connectivity index (χ1) is 14.0. The molecule has 0 aliphatic heterocycles. The third-order valence-corrected chi connectivity index (χ3v) is 5.34. The van der Waals surface area contributed by atoms with Gasteiger partial charge in [0.05, 0.1) is 11.6 Å². The molecule has 0 unspecified atom stereocenters. The van der Waals surface area contributed by atoms with E-state index in [1.165, 1.54) is 34.4 Å². The molecule has 5 heteroatoms. The number of amides is 1. The van der Waals surface area contributed by atoms with Crippen LogP contribution in [-0.2, 0) is 4.74 Å². The fourth-order valence-corrected chi connectivity index (χ4v) is 3.81. The monoisotopic (exact) mass is 387 g/mol. The van der Waals surface area contributed by atoms with E-state index in [9.17, 15) is 9.59 Å². The van der Waals surface area contributed by atoms with Gasteiger partial charge in [0.25, 0.3) is 0 Å². The van der Waals surface area contributed by atoms with Crippen molar-refractivity contribution in [3.8, 4) is 11.1 Å². The van der Waals surface area contributed by atoms with E-state index >= 15 is 0 Å². The number of alkyl carbamates (subject to hydrolysis) is 1. The first-order valence-electron chi connectivity index (χ1n) is 9.49. The van der Waals surface area contributed by atoms with Gasteiger partial charge >= 0.3 is 12.1 Å². The number of ether oxygens (including phenoxy) is 1. The molecule has 0 fully saturated rings. The van der Waals surface area contributed by atoms with Crippen molar-refractivity contribution < 1.29 is 19.4 Å². The van der Waals surface area contributed by atoms with E-state index in [1.807, 2.05) is 31.2 Å². The van der Waals surface area contributed by atoms with Crippen molar-refractivity contribution >= 4 is 12.1 Å². The van der Waals surface area contributed by atoms with Crippen molar-refractivity contribution in [2.75, 3.05) is 6.61 Å². The van der Waals surface area contributed by atoms with Gasteiger partial charge in [-0.3, -0.25) is 0 Å². The number of rotatable bonds is 5. The zero-order chi connectivity index (χ0) is 20.4. The number of hydrogen-bond donors (Lipinski definition) is 2. The van der Waals surface area contributed by atoms with Gasteiger partial charge in [-0.2, -0.15) is 0 Å². The van der Waals surface area contributed by atoms with E-state index in [0.717, 1.165) is 5.56 Å². The Labute approximate surface area is 169 Å². The summed E-state index contributed by atoms with van der Waals surface area (Å²) in [6, 6.07) is 22.5. The van der Waals surface area contributed by atoms with Gasteiger partial charge in [-0.25, -0.2) is 9.59 Å². The van der Waals surface area contributed by atoms with Crippen molar-refractivity contribution in [3.05, 3.63) is 95.1 Å². The third-order valence-electron chi connectivity index (χ3n) is 5.34. The minimum atomic E-state index is -0.978. The molecule has 0 saturated carbocycles. The lowest BCUT2D eigenvalue weighted by molar-refractivity contribution is 0.0696. The van der Waals surface area contributed by atoms with Crippen LogP contribution in [-0.4, -0.2) is 23.8 Å². The van der Waals surface area contributed by atoms with Crippen LogP contribution in [0.5, 0.6) is 0 Å². The molecule has 2 N–H and O–H groups in total. The quantitative estimate of drug-likeness (QED) is 0.647. The molecule has 1 aliphatic carbocycles. The smallest absolute Gasteiger partial charge is 0.407 e. The highest BCUT2D eigenvalue weighted by Gasteiger charge is 2.29. The Morgan fingerprint density at radius 3 is 2.03 bits per heavy atom. The Morgan fingerprint density at radius 1 is 0.931 bits per heavy atom. The van der Waals surface area contributed by atoms with Gasteiger partial charge in [-0.05, 0) is 46.9 Å². The topological polar surface area (TPSA) is 75.6 Å². The van der Waals surface area contributed by atoms with Gasteiger partial charge in [-0.1, -0.05) is 60.7 Å². The molecule has 0 bridgehead atoms. The number of fused-ring (bicyclic) bond motifs is 3. The van der Waals surface area contributed by atoms with Crippen LogP contribution >= 0.6 is 0 Å². The Balaban J connectivity index is 1.41. The number of aromatic carboxylic acids is 1. The Kier molecular flexibility index (Phi) is 5.04. The maximum Gasteiger partial charge on any atom is 0.407 e. The van der Waals surface area contributed by atoms with Gasteiger partial charge in [0.2, 0.25) is 0 Å². The minimum Gasteiger partial charge on any atom is -0.478 e. The second-order valence-electron chi connectivity index (χ2n) is 7.12. The van der Waals surface area contributed by atoms with Crippen molar-refractivity contribution in [1.82, 2.24) is 5.32 Å². The molecule has 0 spiro atoms. The summed E-state index contributed by atoms with van der Waals surface area (Å²) in [5, 5.41) is 11.8. The molecule has 0 heterocycles. The number of carboxylic acid groups (broad SMARTS) is 1. The number of benzene rings is 3. The predicted octanol–water partition coefficient (Wildman–Crippen LogP) is 4.98. The molecule has 4 rings (SSSR count). The van der Waals surface area contributed by atoms with E-state index in [-0.39, 0.29) is 24.1 Å². The summed E-state index contributed by atoms with van der Waals surface area (Å²) in [5.74, 6) is -0.966. The summed E-state index contributed by atoms with van der Waals surface area (Å²) in [6.45, 7) is 2.09. The maximum atomic E-state index is 12.4. The van der Waals surface area contributed by atoms with Crippen molar-refractivity contribution in [1.29, 1.82) is 0 Å². The highest BCUT2D eigenvalue weighted by Crippen LogP contribution is 2.44. The summed E-state index contributed by atoms with van der Waals surface area (Å²) in [7, 11) is 0. The Morgan fingerprint density at radius 2 is 1.48 bits per heavy atom. The molecule has 146 valence electrons. The van der Waals surface area contributed by atoms with Gasteiger partial charge in [0, 0.05) is 5.92 Å². The van der Waals surface area contributed by atoms with Crippen molar-refractivity contribution in [3.63, 3.8) is 0 Å². The molecule has 0 saturated heterocycles. The van der Waals surface area contributed by atoms with Gasteiger partial charge in [-0.15, -0.1) is 0 Å². The van der Waals surface area contributed by atoms with E-state index in [1.54, 1.807) is 12.1 Å². The molecule has 1 amide bonds. The first-order valence-corrected chi connectivity index (χ1v) is 9.49. The summed E-state index contributed by atoms with van der Waals surface area (Å²) in [6.07, 6.45) is -0.498. The summed E-state index contributed by atoms with van der Waals surface area (Å²) >= 11 is 0. The lowest BCUT2D eigenvalue weighted by atomic mass is 9.98. The fraction of sp³-hybridized carbons (Fsp3) is 0.167. The average Bonchev–Trinajstić information content (AvgIpc) is 3.06. The number of carboxylic acids is 1. The van der Waals surface area contributed by atoms with Crippen molar-refractivity contribution in [2.24, 2.45) is 0 Å². The lowest BCUT2D eigenvalue weighted by Crippen LogP contribution is -2.28. The normalized spacial score (nSPS) is 13.3. The molecule has 1 aliphatic rings. The van der Waals surface area contributed by atoms with Crippen LogP contribution in [0.3, 0.4) is 0 Å². The molecule has 1 atom stereocenters. The predicted molar refractivity (Wildman–Crippen MR) is 110 cm³/mol. The van der Waals surface area contributed by atoms with Crippen LogP contribution in [0.15, 0.2) is 72.8 Å². The molecule has 3 aromatic rings. The number of carbonyl (C=O) groups is 2. The number of nitrogens with one attached hydrogen (secondary N) is 1. The third kappa shape index (κ3) is 3.72. The zero-order valence-electron chi connectivity index (χ0n) is 16.0. The average molecular weight is 387 g/mol. The van der Waals surface area contributed by atoms with Crippen LogP contribution in [0.1, 0.15) is 45.9 Å². The maximum absolute atomic E-state index is 12.4. The summed E-state index contributed by atoms with van der Waals surface area (Å²) in [4.78, 5) is 23.3. The van der Waals surface area contributed by atoms with E-state index < -0.39 is 12.1 Å². The lowest BCUT2D eigenvalue weighted by Gasteiger charge is -2.17. The van der Waals surface area contributed by atoms with Crippen LogP contribution in [0, 0.1) is 0 Å². The molecule has 3 aromatic carbocycles. The van der Waals surface area contributed by atoms with Crippen LogP contribution in [0.4, 0.5) is 4.79 Å². The van der Waals surface area contributed by atoms with E-state index in [4.69, 9.17) is 9.84 Å². The van der Waals surface area contributed by atoms with Crippen molar-refractivity contribution in [2.45, 2.75) is 18.9 Å². The van der Waals surface area contributed by atoms with Gasteiger partial charge in [0.1, 0.15) is 6.61 Å². The van der Waals surface area contributed by atoms with E-state index in [0.29, 0.717) is 0 Å². The fourth-order valence-electron chi connectivity index (χ4n) is 3.81. The number of hydrogen-bond acceptors (Lipinski definition) is 3. The van der Waals surface area contributed by atoms with Crippen LogP contribution in [0.25, 0.3) is 11.1 Å². The van der Waals surface area contributed by atoms with E-state index in [2.05, 4.69) is 29.6 Å².